The van der Waals surface area contributed by atoms with E-state index in [4.69, 9.17) is 4.98 Å². The van der Waals surface area contributed by atoms with Crippen LogP contribution in [0.4, 0.5) is 0 Å². The minimum Gasteiger partial charge on any atom is -0.329 e. The molecule has 3 aromatic rings. The number of aromatic nitrogens is 2. The van der Waals surface area contributed by atoms with Crippen molar-refractivity contribution in [3.63, 3.8) is 0 Å². The molecule has 1 N–H and O–H groups in total. The second-order valence-corrected chi connectivity index (χ2v) is 6.62. The van der Waals surface area contributed by atoms with E-state index in [1.165, 1.54) is 16.6 Å². The van der Waals surface area contributed by atoms with Crippen LogP contribution in [-0.4, -0.2) is 40.6 Å². The van der Waals surface area contributed by atoms with Gasteiger partial charge in [0.2, 0.25) is 0 Å². The molecule has 0 saturated carbocycles. The van der Waals surface area contributed by atoms with Crippen molar-refractivity contribution >= 4 is 11.0 Å². The van der Waals surface area contributed by atoms with Crippen LogP contribution in [0.1, 0.15) is 23.0 Å². The first-order valence-corrected chi connectivity index (χ1v) is 8.67. The Hall–Kier alpha value is -2.17. The normalized spacial score (nSPS) is 17.2. The van der Waals surface area contributed by atoms with Crippen LogP contribution in [0.25, 0.3) is 11.0 Å². The molecule has 4 nitrogen and oxygen atoms in total. The van der Waals surface area contributed by atoms with Crippen LogP contribution < -0.4 is 5.32 Å². The third-order valence-corrected chi connectivity index (χ3v) is 4.94. The first-order valence-electron chi connectivity index (χ1n) is 8.67. The van der Waals surface area contributed by atoms with Crippen LogP contribution in [-0.2, 0) is 7.05 Å². The number of rotatable bonds is 3. The molecule has 1 atom stereocenters. The van der Waals surface area contributed by atoms with Crippen LogP contribution in [0.3, 0.4) is 0 Å². The monoisotopic (exact) mass is 320 g/mol. The fraction of sp³-hybridized carbons (Fsp3) is 0.350. The molecule has 1 aliphatic rings. The lowest BCUT2D eigenvalue weighted by molar-refractivity contribution is 0.190. The second-order valence-electron chi connectivity index (χ2n) is 6.62. The number of para-hydroxylation sites is 2. The fourth-order valence-corrected chi connectivity index (χ4v) is 3.71. The zero-order valence-electron chi connectivity index (χ0n) is 14.4. The van der Waals surface area contributed by atoms with Gasteiger partial charge in [-0.1, -0.05) is 42.0 Å². The zero-order chi connectivity index (χ0) is 16.5. The van der Waals surface area contributed by atoms with Crippen molar-refractivity contribution in [2.75, 3.05) is 26.2 Å². The van der Waals surface area contributed by atoms with E-state index in [0.29, 0.717) is 0 Å². The third kappa shape index (κ3) is 2.72. The lowest BCUT2D eigenvalue weighted by Gasteiger charge is -2.35. The first-order chi connectivity index (χ1) is 11.7. The van der Waals surface area contributed by atoms with Crippen LogP contribution in [0.15, 0.2) is 48.5 Å². The molecule has 1 fully saturated rings. The summed E-state index contributed by atoms with van der Waals surface area (Å²) in [5.41, 5.74) is 4.89. The highest BCUT2D eigenvalue weighted by Gasteiger charge is 2.28. The molecule has 4 heteroatoms. The lowest BCUT2D eigenvalue weighted by atomic mass is 10.0. The number of imidazole rings is 1. The first kappa shape index (κ1) is 15.4. The van der Waals surface area contributed by atoms with Gasteiger partial charge in [0, 0.05) is 33.2 Å². The van der Waals surface area contributed by atoms with Gasteiger partial charge in [-0.2, -0.15) is 0 Å². The summed E-state index contributed by atoms with van der Waals surface area (Å²) in [5, 5.41) is 3.46. The fourth-order valence-electron chi connectivity index (χ4n) is 3.71. The average Bonchev–Trinajstić information content (AvgIpc) is 2.93. The van der Waals surface area contributed by atoms with E-state index < -0.39 is 0 Å². The number of nitrogens with zero attached hydrogens (tertiary/aromatic N) is 3. The van der Waals surface area contributed by atoms with E-state index in [2.05, 4.69) is 77.3 Å². The maximum atomic E-state index is 4.99. The summed E-state index contributed by atoms with van der Waals surface area (Å²) in [7, 11) is 2.13. The molecule has 2 aromatic carbocycles. The molecule has 0 aliphatic carbocycles. The van der Waals surface area contributed by atoms with Crippen molar-refractivity contribution < 1.29 is 0 Å². The molecule has 24 heavy (non-hydrogen) atoms. The maximum Gasteiger partial charge on any atom is 0.131 e. The highest BCUT2D eigenvalue weighted by Crippen LogP contribution is 2.30. The van der Waals surface area contributed by atoms with Gasteiger partial charge in [0.05, 0.1) is 17.1 Å². The summed E-state index contributed by atoms with van der Waals surface area (Å²) in [5.74, 6) is 1.13. The Morgan fingerprint density at radius 1 is 1.04 bits per heavy atom. The van der Waals surface area contributed by atoms with E-state index in [1.54, 1.807) is 0 Å². The average molecular weight is 320 g/mol. The number of aryl methyl sites for hydroxylation is 2. The van der Waals surface area contributed by atoms with Crippen LogP contribution >= 0.6 is 0 Å². The van der Waals surface area contributed by atoms with E-state index in [1.807, 2.05) is 0 Å². The molecule has 1 unspecified atom stereocenters. The molecule has 1 aromatic heterocycles. The molecular formula is C20H24N4. The summed E-state index contributed by atoms with van der Waals surface area (Å²) in [6.07, 6.45) is 0. The molecule has 4 rings (SSSR count). The molecule has 124 valence electrons. The van der Waals surface area contributed by atoms with Crippen molar-refractivity contribution in [3.8, 4) is 0 Å². The van der Waals surface area contributed by atoms with Crippen LogP contribution in [0.2, 0.25) is 0 Å². The smallest absolute Gasteiger partial charge is 0.131 e. The Balaban J connectivity index is 1.86. The van der Waals surface area contributed by atoms with Crippen LogP contribution in [0.5, 0.6) is 0 Å². The topological polar surface area (TPSA) is 33.1 Å². The van der Waals surface area contributed by atoms with Gasteiger partial charge in [-0.3, -0.25) is 4.90 Å². The largest absolute Gasteiger partial charge is 0.329 e. The quantitative estimate of drug-likeness (QED) is 0.805. The van der Waals surface area contributed by atoms with Gasteiger partial charge in [-0.05, 0) is 24.6 Å². The Morgan fingerprint density at radius 3 is 2.58 bits per heavy atom. The van der Waals surface area contributed by atoms with Crippen molar-refractivity contribution in [1.29, 1.82) is 0 Å². The predicted octanol–water partition coefficient (Wildman–Crippen LogP) is 2.88. The van der Waals surface area contributed by atoms with Crippen molar-refractivity contribution in [1.82, 2.24) is 19.8 Å². The Labute approximate surface area is 143 Å². The molecular weight excluding hydrogens is 296 g/mol. The number of nitrogens with one attached hydrogen (secondary N) is 1. The molecule has 0 radical (unpaired) electrons. The minimum atomic E-state index is 0.199. The summed E-state index contributed by atoms with van der Waals surface area (Å²) in [6.45, 7) is 6.31. The van der Waals surface area contributed by atoms with Gasteiger partial charge in [0.1, 0.15) is 5.82 Å². The molecule has 1 aliphatic heterocycles. The van der Waals surface area contributed by atoms with E-state index in [0.717, 1.165) is 37.5 Å². The van der Waals surface area contributed by atoms with Gasteiger partial charge in [-0.15, -0.1) is 0 Å². The lowest BCUT2D eigenvalue weighted by Crippen LogP contribution is -2.46. The van der Waals surface area contributed by atoms with Crippen molar-refractivity contribution in [2.24, 2.45) is 7.05 Å². The molecule has 2 heterocycles. The molecule has 0 bridgehead atoms. The summed E-state index contributed by atoms with van der Waals surface area (Å²) < 4.78 is 2.25. The van der Waals surface area contributed by atoms with Crippen molar-refractivity contribution in [3.05, 3.63) is 65.5 Å². The minimum absolute atomic E-state index is 0.199. The van der Waals surface area contributed by atoms with E-state index in [9.17, 15) is 0 Å². The van der Waals surface area contributed by atoms with Gasteiger partial charge in [-0.25, -0.2) is 4.98 Å². The summed E-state index contributed by atoms with van der Waals surface area (Å²) >= 11 is 0. The molecule has 0 spiro atoms. The Morgan fingerprint density at radius 2 is 1.83 bits per heavy atom. The number of fused-ring (bicyclic) bond motifs is 1. The number of piperazine rings is 1. The highest BCUT2D eigenvalue weighted by atomic mass is 15.2. The Bertz CT molecular complexity index is 846. The summed E-state index contributed by atoms with van der Waals surface area (Å²) in [6, 6.07) is 17.4. The maximum absolute atomic E-state index is 4.99. The predicted molar refractivity (Wildman–Crippen MR) is 98.2 cm³/mol. The van der Waals surface area contributed by atoms with Gasteiger partial charge in [0.25, 0.3) is 0 Å². The SMILES string of the molecule is Cc1cccc(C(c2nc3ccccc3n2C)N2CCNCC2)c1. The Kier molecular flexibility index (Phi) is 4.08. The number of benzene rings is 2. The molecule has 1 saturated heterocycles. The van der Waals surface area contributed by atoms with Crippen molar-refractivity contribution in [2.45, 2.75) is 13.0 Å². The van der Waals surface area contributed by atoms with E-state index >= 15 is 0 Å². The van der Waals surface area contributed by atoms with E-state index in [-0.39, 0.29) is 6.04 Å². The van der Waals surface area contributed by atoms with Crippen LogP contribution in [0, 0.1) is 6.92 Å². The molecule has 0 amide bonds. The summed E-state index contributed by atoms with van der Waals surface area (Å²) in [4.78, 5) is 7.54. The second kappa shape index (κ2) is 6.38. The van der Waals surface area contributed by atoms with Gasteiger partial charge < -0.3 is 9.88 Å². The zero-order valence-corrected chi connectivity index (χ0v) is 14.4. The third-order valence-electron chi connectivity index (χ3n) is 4.94. The van der Waals surface area contributed by atoms with Gasteiger partial charge >= 0.3 is 0 Å². The number of hydrogen-bond donors (Lipinski definition) is 1. The highest BCUT2D eigenvalue weighted by molar-refractivity contribution is 5.76. The number of hydrogen-bond acceptors (Lipinski definition) is 3. The van der Waals surface area contributed by atoms with Gasteiger partial charge in [0.15, 0.2) is 0 Å². The standard InChI is InChI=1S/C20H24N4/c1-15-6-5-7-16(14-15)19(24-12-10-21-11-13-24)20-22-17-8-3-4-9-18(17)23(20)2/h3-9,14,19,21H,10-13H2,1-2H3.